The van der Waals surface area contributed by atoms with E-state index in [4.69, 9.17) is 15.2 Å². The van der Waals surface area contributed by atoms with Crippen LogP contribution in [-0.4, -0.2) is 12.8 Å². The Morgan fingerprint density at radius 2 is 1.95 bits per heavy atom. The highest BCUT2D eigenvalue weighted by atomic mass is 79.9. The summed E-state index contributed by atoms with van der Waals surface area (Å²) < 4.78 is 23.7. The number of ether oxygens (including phenoxy) is 2. The number of nitrogen functional groups attached to an aromatic ring is 1. The minimum absolute atomic E-state index is 0.115. The van der Waals surface area contributed by atoms with Gasteiger partial charge in [-0.2, -0.15) is 0 Å². The molecule has 0 aromatic heterocycles. The molecule has 0 aliphatic heterocycles. The van der Waals surface area contributed by atoms with Gasteiger partial charge in [-0.3, -0.25) is 0 Å². The Morgan fingerprint density at radius 1 is 1.24 bits per heavy atom. The number of hydrogen-bond acceptors (Lipinski definition) is 4. The van der Waals surface area contributed by atoms with E-state index in [0.717, 1.165) is 11.6 Å². The van der Waals surface area contributed by atoms with Crippen molar-refractivity contribution in [3.05, 3.63) is 63.9 Å². The van der Waals surface area contributed by atoms with E-state index in [-0.39, 0.29) is 22.5 Å². The number of hydrogen-bond donors (Lipinski definition) is 1. The van der Waals surface area contributed by atoms with Crippen LogP contribution in [0.3, 0.4) is 0 Å². The van der Waals surface area contributed by atoms with Crippen molar-refractivity contribution in [3.63, 3.8) is 0 Å². The molecule has 0 aliphatic rings. The third-order valence-corrected chi connectivity index (χ3v) is 3.35. The number of esters is 1. The second-order valence-electron chi connectivity index (χ2n) is 4.24. The minimum atomic E-state index is -0.637. The molecule has 0 amide bonds. The molecule has 0 fully saturated rings. The van der Waals surface area contributed by atoms with Gasteiger partial charge in [0, 0.05) is 4.47 Å². The summed E-state index contributed by atoms with van der Waals surface area (Å²) in [4.78, 5) is 11.8. The summed E-state index contributed by atoms with van der Waals surface area (Å²) in [6.07, 6.45) is 0. The fourth-order valence-corrected chi connectivity index (χ4v) is 2.11. The maximum absolute atomic E-state index is 13.2. The van der Waals surface area contributed by atoms with E-state index in [1.807, 2.05) is 30.3 Å². The first kappa shape index (κ1) is 15.5. The van der Waals surface area contributed by atoms with Gasteiger partial charge in [0.15, 0.2) is 6.79 Å². The first-order valence-electron chi connectivity index (χ1n) is 6.11. The van der Waals surface area contributed by atoms with Crippen LogP contribution in [0.15, 0.2) is 46.9 Å². The first-order valence-corrected chi connectivity index (χ1v) is 6.90. The molecular formula is C15H13BrFNO3. The third kappa shape index (κ3) is 4.27. The van der Waals surface area contributed by atoms with Crippen LogP contribution >= 0.6 is 15.9 Å². The van der Waals surface area contributed by atoms with E-state index in [1.165, 1.54) is 6.07 Å². The molecule has 2 rings (SSSR count). The van der Waals surface area contributed by atoms with E-state index in [1.54, 1.807) is 0 Å². The molecule has 0 heterocycles. The van der Waals surface area contributed by atoms with Gasteiger partial charge in [0.05, 0.1) is 17.9 Å². The Kier molecular flexibility index (Phi) is 5.30. The molecule has 2 N–H and O–H groups in total. The molecule has 6 heteroatoms. The van der Waals surface area contributed by atoms with Crippen molar-refractivity contribution >= 4 is 27.6 Å². The summed E-state index contributed by atoms with van der Waals surface area (Å²) in [6.45, 7) is 0.137. The summed E-state index contributed by atoms with van der Waals surface area (Å²) >= 11 is 3.09. The fourth-order valence-electron chi connectivity index (χ4n) is 1.63. The zero-order valence-corrected chi connectivity index (χ0v) is 12.6. The number of benzene rings is 2. The van der Waals surface area contributed by atoms with Gasteiger partial charge >= 0.3 is 5.97 Å². The highest BCUT2D eigenvalue weighted by Crippen LogP contribution is 2.23. The number of nitrogens with two attached hydrogens (primary N) is 1. The standard InChI is InChI=1S/C15H13BrFNO3/c16-12-7-13(17)14(18)6-11(12)15(19)21-9-20-8-10-4-2-1-3-5-10/h1-7H,8-9,18H2. The molecule has 4 nitrogen and oxygen atoms in total. The van der Waals surface area contributed by atoms with Gasteiger partial charge in [-0.1, -0.05) is 30.3 Å². The quantitative estimate of drug-likeness (QED) is 0.386. The highest BCUT2D eigenvalue weighted by molar-refractivity contribution is 9.10. The number of carbonyl (C=O) groups is 1. The molecular weight excluding hydrogens is 341 g/mol. The molecule has 2 aromatic rings. The number of halogens is 2. The topological polar surface area (TPSA) is 61.6 Å². The molecule has 2 aromatic carbocycles. The molecule has 21 heavy (non-hydrogen) atoms. The van der Waals surface area contributed by atoms with Crippen LogP contribution in [0.1, 0.15) is 15.9 Å². The largest absolute Gasteiger partial charge is 0.435 e. The number of anilines is 1. The van der Waals surface area contributed by atoms with Crippen LogP contribution in [0.5, 0.6) is 0 Å². The summed E-state index contributed by atoms with van der Waals surface area (Å²) in [5.74, 6) is -1.24. The van der Waals surface area contributed by atoms with Crippen molar-refractivity contribution in [1.82, 2.24) is 0 Å². The van der Waals surface area contributed by atoms with E-state index in [0.29, 0.717) is 6.61 Å². The Balaban J connectivity index is 1.86. The smallest absolute Gasteiger partial charge is 0.341 e. The Morgan fingerprint density at radius 3 is 2.67 bits per heavy atom. The second-order valence-corrected chi connectivity index (χ2v) is 5.09. The number of carbonyl (C=O) groups excluding carboxylic acids is 1. The van der Waals surface area contributed by atoms with Gasteiger partial charge in [0.25, 0.3) is 0 Å². The van der Waals surface area contributed by atoms with Crippen molar-refractivity contribution in [2.75, 3.05) is 12.5 Å². The van der Waals surface area contributed by atoms with Crippen molar-refractivity contribution in [2.45, 2.75) is 6.61 Å². The van der Waals surface area contributed by atoms with E-state index < -0.39 is 11.8 Å². The van der Waals surface area contributed by atoms with Crippen LogP contribution in [0.2, 0.25) is 0 Å². The second kappa shape index (κ2) is 7.19. The normalized spacial score (nSPS) is 10.4. The van der Waals surface area contributed by atoms with E-state index >= 15 is 0 Å². The Labute approximate surface area is 129 Å². The lowest BCUT2D eigenvalue weighted by Crippen LogP contribution is -2.10. The molecule has 0 spiro atoms. The molecule has 0 saturated heterocycles. The van der Waals surface area contributed by atoms with Crippen molar-refractivity contribution in [2.24, 2.45) is 0 Å². The molecule has 0 radical (unpaired) electrons. The van der Waals surface area contributed by atoms with Gasteiger partial charge in [-0.25, -0.2) is 9.18 Å². The average molecular weight is 354 g/mol. The SMILES string of the molecule is Nc1cc(C(=O)OCOCc2ccccc2)c(Br)cc1F. The molecule has 0 saturated carbocycles. The highest BCUT2D eigenvalue weighted by Gasteiger charge is 2.14. The zero-order chi connectivity index (χ0) is 15.2. The number of rotatable bonds is 5. The summed E-state index contributed by atoms with van der Waals surface area (Å²) in [5.41, 5.74) is 6.43. The molecule has 0 unspecified atom stereocenters. The summed E-state index contributed by atoms with van der Waals surface area (Å²) in [6, 6.07) is 11.8. The van der Waals surface area contributed by atoms with Gasteiger partial charge in [0.1, 0.15) is 5.82 Å². The summed E-state index contributed by atoms with van der Waals surface area (Å²) in [5, 5.41) is 0. The summed E-state index contributed by atoms with van der Waals surface area (Å²) in [7, 11) is 0. The van der Waals surface area contributed by atoms with Crippen LogP contribution in [0, 0.1) is 5.82 Å². The third-order valence-electron chi connectivity index (χ3n) is 2.69. The monoisotopic (exact) mass is 353 g/mol. The molecule has 0 aliphatic carbocycles. The molecule has 0 bridgehead atoms. The Hall–Kier alpha value is -1.92. The molecule has 110 valence electrons. The lowest BCUT2D eigenvalue weighted by atomic mass is 10.2. The fraction of sp³-hybridized carbons (Fsp3) is 0.133. The van der Waals surface area contributed by atoms with Crippen molar-refractivity contribution < 1.29 is 18.7 Å². The van der Waals surface area contributed by atoms with Crippen LogP contribution < -0.4 is 5.73 Å². The predicted molar refractivity (Wildman–Crippen MR) is 80.0 cm³/mol. The average Bonchev–Trinajstić information content (AvgIpc) is 2.48. The predicted octanol–water partition coefficient (Wildman–Crippen LogP) is 3.50. The first-order chi connectivity index (χ1) is 10.1. The van der Waals surface area contributed by atoms with Gasteiger partial charge < -0.3 is 15.2 Å². The van der Waals surface area contributed by atoms with Gasteiger partial charge in [0.2, 0.25) is 0 Å². The zero-order valence-electron chi connectivity index (χ0n) is 11.0. The van der Waals surface area contributed by atoms with Crippen LogP contribution in [-0.2, 0) is 16.1 Å². The maximum Gasteiger partial charge on any atom is 0.341 e. The van der Waals surface area contributed by atoms with E-state index in [2.05, 4.69) is 15.9 Å². The lowest BCUT2D eigenvalue weighted by Gasteiger charge is -2.08. The lowest BCUT2D eigenvalue weighted by molar-refractivity contribution is -0.0381. The van der Waals surface area contributed by atoms with Gasteiger partial charge in [-0.15, -0.1) is 0 Å². The molecule has 0 atom stereocenters. The minimum Gasteiger partial charge on any atom is -0.435 e. The van der Waals surface area contributed by atoms with Crippen molar-refractivity contribution in [1.29, 1.82) is 0 Å². The van der Waals surface area contributed by atoms with Crippen LogP contribution in [0.25, 0.3) is 0 Å². The van der Waals surface area contributed by atoms with Crippen molar-refractivity contribution in [3.8, 4) is 0 Å². The van der Waals surface area contributed by atoms with E-state index in [9.17, 15) is 9.18 Å². The van der Waals surface area contributed by atoms with Gasteiger partial charge in [-0.05, 0) is 33.6 Å². The maximum atomic E-state index is 13.2. The van der Waals surface area contributed by atoms with Crippen LogP contribution in [0.4, 0.5) is 10.1 Å². The Bertz CT molecular complexity index is 634.